The van der Waals surface area contributed by atoms with Gasteiger partial charge in [0, 0.05) is 30.4 Å². The SMILES string of the molecule is Cc1cccc(-c2nccc(OCc3c(C)cccc3-n3nnn(C)c3=O)n2)c1. The Labute approximate surface area is 167 Å². The van der Waals surface area contributed by atoms with Gasteiger partial charge in [0.1, 0.15) is 6.61 Å². The summed E-state index contributed by atoms with van der Waals surface area (Å²) < 4.78 is 8.41. The predicted octanol–water partition coefficient (Wildman–Crippen LogP) is 2.62. The summed E-state index contributed by atoms with van der Waals surface area (Å²) in [5.41, 5.74) is 4.20. The molecule has 8 heteroatoms. The maximum absolute atomic E-state index is 12.3. The molecular formula is C21H20N6O2. The second-order valence-corrected chi connectivity index (χ2v) is 6.75. The van der Waals surface area contributed by atoms with Gasteiger partial charge in [-0.3, -0.25) is 0 Å². The van der Waals surface area contributed by atoms with Gasteiger partial charge in [0.15, 0.2) is 5.82 Å². The quantitative estimate of drug-likeness (QED) is 0.522. The van der Waals surface area contributed by atoms with Crippen molar-refractivity contribution in [2.75, 3.05) is 0 Å². The van der Waals surface area contributed by atoms with Gasteiger partial charge in [-0.05, 0) is 42.0 Å². The first-order valence-electron chi connectivity index (χ1n) is 9.13. The van der Waals surface area contributed by atoms with Gasteiger partial charge in [0.25, 0.3) is 0 Å². The number of aryl methyl sites for hydroxylation is 3. The van der Waals surface area contributed by atoms with Crippen LogP contribution in [0.2, 0.25) is 0 Å². The highest BCUT2D eigenvalue weighted by Crippen LogP contribution is 2.21. The fraction of sp³-hybridized carbons (Fsp3) is 0.190. The van der Waals surface area contributed by atoms with Crippen molar-refractivity contribution in [2.45, 2.75) is 20.5 Å². The summed E-state index contributed by atoms with van der Waals surface area (Å²) in [4.78, 5) is 21.1. The summed E-state index contributed by atoms with van der Waals surface area (Å²) in [5.74, 6) is 1.05. The van der Waals surface area contributed by atoms with E-state index in [0.29, 0.717) is 17.4 Å². The molecule has 2 aromatic carbocycles. The molecule has 0 saturated carbocycles. The number of nitrogens with zero attached hydrogens (tertiary/aromatic N) is 6. The molecule has 0 unspecified atom stereocenters. The van der Waals surface area contributed by atoms with E-state index in [9.17, 15) is 4.79 Å². The van der Waals surface area contributed by atoms with Crippen molar-refractivity contribution in [1.82, 2.24) is 29.8 Å². The van der Waals surface area contributed by atoms with Gasteiger partial charge in [-0.2, -0.15) is 14.3 Å². The van der Waals surface area contributed by atoms with E-state index in [1.807, 2.05) is 56.3 Å². The summed E-state index contributed by atoms with van der Waals surface area (Å²) in [7, 11) is 1.56. The van der Waals surface area contributed by atoms with Crippen LogP contribution in [-0.2, 0) is 13.7 Å². The third-order valence-electron chi connectivity index (χ3n) is 4.61. The molecule has 4 rings (SSSR count). The number of aromatic nitrogens is 6. The second-order valence-electron chi connectivity index (χ2n) is 6.75. The first kappa shape index (κ1) is 18.5. The topological polar surface area (TPSA) is 87.7 Å². The molecule has 0 aliphatic heterocycles. The Bertz CT molecular complexity index is 1230. The van der Waals surface area contributed by atoms with E-state index in [1.54, 1.807) is 19.3 Å². The van der Waals surface area contributed by atoms with Crippen molar-refractivity contribution in [1.29, 1.82) is 0 Å². The summed E-state index contributed by atoms with van der Waals surface area (Å²) >= 11 is 0. The lowest BCUT2D eigenvalue weighted by atomic mass is 10.1. The highest BCUT2D eigenvalue weighted by molar-refractivity contribution is 5.56. The zero-order valence-electron chi connectivity index (χ0n) is 16.4. The van der Waals surface area contributed by atoms with E-state index in [1.165, 1.54) is 9.36 Å². The molecule has 0 bridgehead atoms. The maximum Gasteiger partial charge on any atom is 0.368 e. The van der Waals surface area contributed by atoms with Gasteiger partial charge >= 0.3 is 5.69 Å². The van der Waals surface area contributed by atoms with E-state index >= 15 is 0 Å². The summed E-state index contributed by atoms with van der Waals surface area (Å²) in [6.45, 7) is 4.22. The number of hydrogen-bond donors (Lipinski definition) is 0. The lowest BCUT2D eigenvalue weighted by Crippen LogP contribution is -2.23. The van der Waals surface area contributed by atoms with Gasteiger partial charge in [-0.15, -0.1) is 0 Å². The third-order valence-corrected chi connectivity index (χ3v) is 4.61. The zero-order valence-corrected chi connectivity index (χ0v) is 16.4. The van der Waals surface area contributed by atoms with Crippen molar-refractivity contribution in [3.05, 3.63) is 81.9 Å². The van der Waals surface area contributed by atoms with E-state index in [-0.39, 0.29) is 12.3 Å². The van der Waals surface area contributed by atoms with Gasteiger partial charge in [-0.1, -0.05) is 35.9 Å². The lowest BCUT2D eigenvalue weighted by Gasteiger charge is -2.12. The molecule has 2 heterocycles. The Balaban J connectivity index is 1.63. The van der Waals surface area contributed by atoms with Crippen molar-refractivity contribution in [3.8, 4) is 23.0 Å². The van der Waals surface area contributed by atoms with Crippen LogP contribution in [0.3, 0.4) is 0 Å². The molecule has 0 aliphatic rings. The average Bonchev–Trinajstić information content (AvgIpc) is 3.05. The van der Waals surface area contributed by atoms with Gasteiger partial charge in [0.2, 0.25) is 5.88 Å². The van der Waals surface area contributed by atoms with E-state index in [0.717, 1.165) is 22.3 Å². The molecule has 2 aromatic heterocycles. The van der Waals surface area contributed by atoms with Crippen molar-refractivity contribution in [3.63, 3.8) is 0 Å². The van der Waals surface area contributed by atoms with Crippen LogP contribution in [0.15, 0.2) is 59.5 Å². The Morgan fingerprint density at radius 2 is 1.86 bits per heavy atom. The molecule has 8 nitrogen and oxygen atoms in total. The highest BCUT2D eigenvalue weighted by Gasteiger charge is 2.14. The average molecular weight is 388 g/mol. The Hall–Kier alpha value is -3.81. The third kappa shape index (κ3) is 3.77. The molecule has 0 amide bonds. The first-order valence-corrected chi connectivity index (χ1v) is 9.13. The van der Waals surface area contributed by atoms with Crippen LogP contribution in [0.1, 0.15) is 16.7 Å². The summed E-state index contributed by atoms with van der Waals surface area (Å²) in [6.07, 6.45) is 1.67. The van der Waals surface area contributed by atoms with Crippen molar-refractivity contribution >= 4 is 0 Å². The molecule has 0 radical (unpaired) electrons. The monoisotopic (exact) mass is 388 g/mol. The molecule has 4 aromatic rings. The van der Waals surface area contributed by atoms with Gasteiger partial charge < -0.3 is 4.74 Å². The van der Waals surface area contributed by atoms with Gasteiger partial charge in [0.05, 0.1) is 5.69 Å². The fourth-order valence-corrected chi connectivity index (χ4v) is 3.03. The minimum atomic E-state index is -0.319. The molecule has 29 heavy (non-hydrogen) atoms. The predicted molar refractivity (Wildman–Crippen MR) is 108 cm³/mol. The Morgan fingerprint density at radius 1 is 1.03 bits per heavy atom. The second kappa shape index (κ2) is 7.67. The molecule has 0 spiro atoms. The van der Waals surface area contributed by atoms with Crippen molar-refractivity contribution in [2.24, 2.45) is 7.05 Å². The normalized spacial score (nSPS) is 10.9. The molecule has 146 valence electrons. The number of ether oxygens (including phenoxy) is 1. The molecule has 0 N–H and O–H groups in total. The number of benzene rings is 2. The summed E-state index contributed by atoms with van der Waals surface area (Å²) in [6, 6.07) is 15.4. The van der Waals surface area contributed by atoms with E-state index in [2.05, 4.69) is 20.4 Å². The number of rotatable bonds is 5. The first-order chi connectivity index (χ1) is 14.0. The van der Waals surface area contributed by atoms with Crippen LogP contribution in [0, 0.1) is 13.8 Å². The Morgan fingerprint density at radius 3 is 2.62 bits per heavy atom. The van der Waals surface area contributed by atoms with E-state index in [4.69, 9.17) is 4.74 Å². The Kier molecular flexibility index (Phi) is 4.90. The molecule has 0 saturated heterocycles. The minimum Gasteiger partial charge on any atom is -0.473 e. The molecule has 0 aliphatic carbocycles. The van der Waals surface area contributed by atoms with Crippen LogP contribution < -0.4 is 10.4 Å². The minimum absolute atomic E-state index is 0.231. The zero-order chi connectivity index (χ0) is 20.4. The van der Waals surface area contributed by atoms with Crippen LogP contribution in [0.25, 0.3) is 17.1 Å². The molecular weight excluding hydrogens is 368 g/mol. The lowest BCUT2D eigenvalue weighted by molar-refractivity contribution is 0.292. The van der Waals surface area contributed by atoms with Gasteiger partial charge in [-0.25, -0.2) is 9.78 Å². The van der Waals surface area contributed by atoms with Crippen LogP contribution in [-0.4, -0.2) is 29.8 Å². The molecule has 0 fully saturated rings. The van der Waals surface area contributed by atoms with Crippen LogP contribution in [0.5, 0.6) is 5.88 Å². The highest BCUT2D eigenvalue weighted by atomic mass is 16.5. The van der Waals surface area contributed by atoms with Crippen LogP contribution in [0.4, 0.5) is 0 Å². The smallest absolute Gasteiger partial charge is 0.368 e. The molecule has 0 atom stereocenters. The maximum atomic E-state index is 12.3. The standard InChI is InChI=1S/C21H20N6O2/c1-14-6-4-8-16(12-14)20-22-11-10-19(23-20)29-13-17-15(2)7-5-9-18(17)27-21(28)26(3)24-25-27/h4-12H,13H2,1-3H3. The van der Waals surface area contributed by atoms with Crippen LogP contribution >= 0.6 is 0 Å². The van der Waals surface area contributed by atoms with E-state index < -0.39 is 0 Å². The number of hydrogen-bond acceptors (Lipinski definition) is 6. The largest absolute Gasteiger partial charge is 0.473 e. The number of tetrazole rings is 1. The van der Waals surface area contributed by atoms with Crippen molar-refractivity contribution < 1.29 is 4.74 Å². The fourth-order valence-electron chi connectivity index (χ4n) is 3.03. The summed E-state index contributed by atoms with van der Waals surface area (Å²) in [5, 5.41) is 7.73.